The van der Waals surface area contributed by atoms with E-state index in [-0.39, 0.29) is 0 Å². The van der Waals surface area contributed by atoms with E-state index in [2.05, 4.69) is 24.1 Å². The Morgan fingerprint density at radius 3 is 3.00 bits per heavy atom. The van der Waals surface area contributed by atoms with E-state index in [1.54, 1.807) is 0 Å². The van der Waals surface area contributed by atoms with E-state index in [1.165, 1.54) is 32.4 Å². The van der Waals surface area contributed by atoms with Crippen LogP contribution in [0.5, 0.6) is 0 Å². The van der Waals surface area contributed by atoms with Crippen LogP contribution in [0.25, 0.3) is 0 Å². The van der Waals surface area contributed by atoms with Crippen molar-refractivity contribution in [2.75, 3.05) is 26.2 Å². The Balaban J connectivity index is 1.72. The van der Waals surface area contributed by atoms with Crippen LogP contribution < -0.4 is 5.32 Å². The second-order valence-electron chi connectivity index (χ2n) is 5.07. The van der Waals surface area contributed by atoms with Gasteiger partial charge in [-0.3, -0.25) is 4.90 Å². The lowest BCUT2D eigenvalue weighted by atomic mass is 10.1. The average Bonchev–Trinajstić information content (AvgIpc) is 2.72. The summed E-state index contributed by atoms with van der Waals surface area (Å²) in [7, 11) is 0. The summed E-state index contributed by atoms with van der Waals surface area (Å²) in [6.45, 7) is 8.90. The Kier molecular flexibility index (Phi) is 4.00. The van der Waals surface area contributed by atoms with Gasteiger partial charge in [-0.2, -0.15) is 0 Å². The van der Waals surface area contributed by atoms with Crippen LogP contribution >= 0.6 is 0 Å². The van der Waals surface area contributed by atoms with Crippen LogP contribution in [-0.2, 0) is 4.74 Å². The summed E-state index contributed by atoms with van der Waals surface area (Å²) in [5.74, 6) is 0. The highest BCUT2D eigenvalue weighted by Gasteiger charge is 2.24. The summed E-state index contributed by atoms with van der Waals surface area (Å²) in [5.41, 5.74) is 0. The van der Waals surface area contributed by atoms with E-state index in [1.807, 2.05) is 0 Å². The average molecular weight is 212 g/mol. The maximum atomic E-state index is 5.63. The lowest BCUT2D eigenvalue weighted by Crippen LogP contribution is -2.48. The first-order valence-electron chi connectivity index (χ1n) is 6.34. The zero-order valence-corrected chi connectivity index (χ0v) is 10.0. The minimum atomic E-state index is 0.415. The lowest BCUT2D eigenvalue weighted by Gasteiger charge is -2.37. The highest BCUT2D eigenvalue weighted by atomic mass is 16.5. The van der Waals surface area contributed by atoms with Gasteiger partial charge in [0.1, 0.15) is 0 Å². The number of ether oxygens (including phenoxy) is 1. The molecule has 0 spiro atoms. The first-order chi connectivity index (χ1) is 7.25. The molecule has 15 heavy (non-hydrogen) atoms. The molecule has 3 heteroatoms. The molecule has 0 amide bonds. The Morgan fingerprint density at radius 1 is 1.40 bits per heavy atom. The van der Waals surface area contributed by atoms with Crippen molar-refractivity contribution in [1.29, 1.82) is 0 Å². The van der Waals surface area contributed by atoms with Crippen LogP contribution in [0.1, 0.15) is 33.1 Å². The first kappa shape index (κ1) is 11.4. The third-order valence-electron chi connectivity index (χ3n) is 3.66. The predicted octanol–water partition coefficient (Wildman–Crippen LogP) is 1.24. The minimum absolute atomic E-state index is 0.415. The van der Waals surface area contributed by atoms with Gasteiger partial charge in [0.2, 0.25) is 0 Å². The summed E-state index contributed by atoms with van der Waals surface area (Å²) in [4.78, 5) is 2.58. The molecule has 88 valence electrons. The predicted molar refractivity (Wildman–Crippen MR) is 62.1 cm³/mol. The molecule has 0 radical (unpaired) electrons. The first-order valence-corrected chi connectivity index (χ1v) is 6.34. The Hall–Kier alpha value is -0.120. The zero-order valence-electron chi connectivity index (χ0n) is 10.0. The topological polar surface area (TPSA) is 24.5 Å². The van der Waals surface area contributed by atoms with E-state index in [0.717, 1.165) is 19.2 Å². The molecule has 2 aliphatic heterocycles. The fourth-order valence-electron chi connectivity index (χ4n) is 2.61. The van der Waals surface area contributed by atoms with E-state index in [4.69, 9.17) is 4.74 Å². The lowest BCUT2D eigenvalue weighted by molar-refractivity contribution is -0.0500. The molecule has 3 atom stereocenters. The summed E-state index contributed by atoms with van der Waals surface area (Å²) in [6.07, 6.45) is 4.45. The van der Waals surface area contributed by atoms with Crippen molar-refractivity contribution in [3.63, 3.8) is 0 Å². The highest BCUT2D eigenvalue weighted by Crippen LogP contribution is 2.14. The molecule has 3 unspecified atom stereocenters. The summed E-state index contributed by atoms with van der Waals surface area (Å²) < 4.78 is 5.63. The summed E-state index contributed by atoms with van der Waals surface area (Å²) in [5, 5.41) is 3.56. The SMILES string of the molecule is CC1CN(CCC2CCCN2)C(C)CO1. The van der Waals surface area contributed by atoms with Crippen molar-refractivity contribution in [1.82, 2.24) is 10.2 Å². The molecule has 1 N–H and O–H groups in total. The number of hydrogen-bond donors (Lipinski definition) is 1. The Morgan fingerprint density at radius 2 is 2.27 bits per heavy atom. The van der Waals surface area contributed by atoms with Gasteiger partial charge < -0.3 is 10.1 Å². The van der Waals surface area contributed by atoms with E-state index in [0.29, 0.717) is 12.1 Å². The van der Waals surface area contributed by atoms with Crippen LogP contribution in [-0.4, -0.2) is 49.3 Å². The number of nitrogens with zero attached hydrogens (tertiary/aromatic N) is 1. The Bertz CT molecular complexity index is 192. The summed E-state index contributed by atoms with van der Waals surface area (Å²) in [6, 6.07) is 1.37. The molecule has 0 bridgehead atoms. The zero-order chi connectivity index (χ0) is 10.7. The molecule has 2 fully saturated rings. The third kappa shape index (κ3) is 3.16. The van der Waals surface area contributed by atoms with E-state index < -0.39 is 0 Å². The summed E-state index contributed by atoms with van der Waals surface area (Å²) >= 11 is 0. The fourth-order valence-corrected chi connectivity index (χ4v) is 2.61. The fraction of sp³-hybridized carbons (Fsp3) is 1.00. The van der Waals surface area contributed by atoms with Gasteiger partial charge >= 0.3 is 0 Å². The van der Waals surface area contributed by atoms with Crippen LogP contribution in [0.2, 0.25) is 0 Å². The van der Waals surface area contributed by atoms with E-state index >= 15 is 0 Å². The largest absolute Gasteiger partial charge is 0.376 e. The van der Waals surface area contributed by atoms with Crippen LogP contribution in [0.15, 0.2) is 0 Å². The highest BCUT2D eigenvalue weighted by molar-refractivity contribution is 4.79. The van der Waals surface area contributed by atoms with Crippen molar-refractivity contribution >= 4 is 0 Å². The molecule has 2 heterocycles. The van der Waals surface area contributed by atoms with Crippen LogP contribution in [0.3, 0.4) is 0 Å². The number of nitrogens with one attached hydrogen (secondary N) is 1. The molecule has 0 aliphatic carbocycles. The normalized spacial score (nSPS) is 38.4. The molecule has 0 saturated carbocycles. The van der Waals surface area contributed by atoms with Crippen molar-refractivity contribution in [3.8, 4) is 0 Å². The quantitative estimate of drug-likeness (QED) is 0.762. The van der Waals surface area contributed by atoms with Gasteiger partial charge in [0.15, 0.2) is 0 Å². The van der Waals surface area contributed by atoms with Gasteiger partial charge in [-0.05, 0) is 39.7 Å². The van der Waals surface area contributed by atoms with Gasteiger partial charge in [-0.1, -0.05) is 0 Å². The van der Waals surface area contributed by atoms with Gasteiger partial charge in [-0.25, -0.2) is 0 Å². The van der Waals surface area contributed by atoms with Crippen molar-refractivity contribution in [2.45, 2.75) is 51.3 Å². The molecular formula is C12H24N2O. The number of hydrogen-bond acceptors (Lipinski definition) is 3. The van der Waals surface area contributed by atoms with Gasteiger partial charge in [-0.15, -0.1) is 0 Å². The van der Waals surface area contributed by atoms with Crippen molar-refractivity contribution < 1.29 is 4.74 Å². The molecule has 0 aromatic carbocycles. The standard InChI is InChI=1S/C12H24N2O/c1-10-9-15-11(2)8-14(10)7-5-12-4-3-6-13-12/h10-13H,3-9H2,1-2H3. The maximum absolute atomic E-state index is 5.63. The number of morpholine rings is 1. The molecule has 3 nitrogen and oxygen atoms in total. The van der Waals surface area contributed by atoms with Crippen molar-refractivity contribution in [2.24, 2.45) is 0 Å². The third-order valence-corrected chi connectivity index (χ3v) is 3.66. The second kappa shape index (κ2) is 5.28. The molecule has 0 aromatic rings. The van der Waals surface area contributed by atoms with Crippen LogP contribution in [0, 0.1) is 0 Å². The second-order valence-corrected chi connectivity index (χ2v) is 5.07. The minimum Gasteiger partial charge on any atom is -0.376 e. The van der Waals surface area contributed by atoms with Gasteiger partial charge in [0.05, 0.1) is 12.7 Å². The maximum Gasteiger partial charge on any atom is 0.0674 e. The molecule has 2 rings (SSSR count). The van der Waals surface area contributed by atoms with Crippen molar-refractivity contribution in [3.05, 3.63) is 0 Å². The molecule has 2 aliphatic rings. The number of rotatable bonds is 3. The molecular weight excluding hydrogens is 188 g/mol. The molecule has 0 aromatic heterocycles. The Labute approximate surface area is 93.2 Å². The molecule has 2 saturated heterocycles. The van der Waals surface area contributed by atoms with Crippen LogP contribution in [0.4, 0.5) is 0 Å². The smallest absolute Gasteiger partial charge is 0.0674 e. The van der Waals surface area contributed by atoms with Gasteiger partial charge in [0, 0.05) is 25.2 Å². The van der Waals surface area contributed by atoms with Gasteiger partial charge in [0.25, 0.3) is 0 Å². The monoisotopic (exact) mass is 212 g/mol. The van der Waals surface area contributed by atoms with E-state index in [9.17, 15) is 0 Å².